The molecule has 1 unspecified atom stereocenters. The highest BCUT2D eigenvalue weighted by Gasteiger charge is 2.19. The normalized spacial score (nSPS) is 25.2. The first-order chi connectivity index (χ1) is 7.45. The van der Waals surface area contributed by atoms with E-state index in [0.29, 0.717) is 6.04 Å². The standard InChI is InChI=1S/C13H18N2/c1-2-6-11(7-3-1)15-10-14-12-8-4-5-9-13(12)15/h2,6,10-11H,1,3-5,7-9H2. The van der Waals surface area contributed by atoms with E-state index >= 15 is 0 Å². The van der Waals surface area contributed by atoms with Gasteiger partial charge in [0.2, 0.25) is 0 Å². The summed E-state index contributed by atoms with van der Waals surface area (Å²) in [5.41, 5.74) is 2.87. The highest BCUT2D eigenvalue weighted by molar-refractivity contribution is 5.18. The molecule has 0 saturated heterocycles. The smallest absolute Gasteiger partial charge is 0.0957 e. The molecule has 2 nitrogen and oxygen atoms in total. The summed E-state index contributed by atoms with van der Waals surface area (Å²) in [5.74, 6) is 0. The van der Waals surface area contributed by atoms with Crippen LogP contribution in [-0.4, -0.2) is 9.55 Å². The number of allylic oxidation sites excluding steroid dienone is 2. The number of aryl methyl sites for hydroxylation is 1. The van der Waals surface area contributed by atoms with Crippen LogP contribution in [0, 0.1) is 0 Å². The van der Waals surface area contributed by atoms with E-state index in [9.17, 15) is 0 Å². The van der Waals surface area contributed by atoms with E-state index in [1.807, 2.05) is 0 Å². The van der Waals surface area contributed by atoms with Crippen molar-refractivity contribution in [3.8, 4) is 0 Å². The number of hydrogen-bond acceptors (Lipinski definition) is 1. The van der Waals surface area contributed by atoms with Gasteiger partial charge in [0, 0.05) is 5.69 Å². The molecular formula is C13H18N2. The van der Waals surface area contributed by atoms with Crippen LogP contribution in [0.1, 0.15) is 49.5 Å². The molecule has 0 fully saturated rings. The fourth-order valence-electron chi connectivity index (χ4n) is 2.80. The number of hydrogen-bond donors (Lipinski definition) is 0. The average molecular weight is 202 g/mol. The van der Waals surface area contributed by atoms with Crippen molar-refractivity contribution in [2.24, 2.45) is 0 Å². The first-order valence-electron chi connectivity index (χ1n) is 6.16. The fourth-order valence-corrected chi connectivity index (χ4v) is 2.80. The van der Waals surface area contributed by atoms with E-state index < -0.39 is 0 Å². The molecule has 80 valence electrons. The van der Waals surface area contributed by atoms with E-state index in [2.05, 4.69) is 28.0 Å². The minimum absolute atomic E-state index is 0.591. The maximum atomic E-state index is 4.56. The van der Waals surface area contributed by atoms with Gasteiger partial charge in [-0.05, 0) is 44.9 Å². The second-order valence-electron chi connectivity index (χ2n) is 4.68. The third kappa shape index (κ3) is 1.62. The minimum Gasteiger partial charge on any atom is -0.327 e. The van der Waals surface area contributed by atoms with Crippen molar-refractivity contribution < 1.29 is 0 Å². The molecule has 0 aliphatic heterocycles. The molecule has 2 aliphatic rings. The zero-order valence-electron chi connectivity index (χ0n) is 9.15. The largest absolute Gasteiger partial charge is 0.327 e. The summed E-state index contributed by atoms with van der Waals surface area (Å²) in [5, 5.41) is 0. The number of rotatable bonds is 1. The van der Waals surface area contributed by atoms with Crippen LogP contribution < -0.4 is 0 Å². The highest BCUT2D eigenvalue weighted by atomic mass is 15.1. The lowest BCUT2D eigenvalue weighted by molar-refractivity contribution is 0.492. The molecular weight excluding hydrogens is 184 g/mol. The van der Waals surface area contributed by atoms with Crippen molar-refractivity contribution in [3.05, 3.63) is 29.9 Å². The molecule has 1 heterocycles. The van der Waals surface area contributed by atoms with Gasteiger partial charge < -0.3 is 4.57 Å². The Labute approximate surface area is 91.0 Å². The van der Waals surface area contributed by atoms with Crippen LogP contribution in [0.4, 0.5) is 0 Å². The molecule has 0 amide bonds. The van der Waals surface area contributed by atoms with Crippen LogP contribution in [0.25, 0.3) is 0 Å². The Hall–Kier alpha value is -1.05. The van der Waals surface area contributed by atoms with Gasteiger partial charge >= 0.3 is 0 Å². The van der Waals surface area contributed by atoms with Crippen molar-refractivity contribution in [2.45, 2.75) is 51.0 Å². The summed E-state index contributed by atoms with van der Waals surface area (Å²) in [6.45, 7) is 0. The number of imidazole rings is 1. The topological polar surface area (TPSA) is 17.8 Å². The Balaban J connectivity index is 1.93. The monoisotopic (exact) mass is 202 g/mol. The quantitative estimate of drug-likeness (QED) is 0.640. The predicted molar refractivity (Wildman–Crippen MR) is 60.9 cm³/mol. The van der Waals surface area contributed by atoms with Gasteiger partial charge in [0.15, 0.2) is 0 Å². The second-order valence-corrected chi connectivity index (χ2v) is 4.68. The lowest BCUT2D eigenvalue weighted by Gasteiger charge is -2.22. The van der Waals surface area contributed by atoms with E-state index in [1.165, 1.54) is 56.3 Å². The van der Waals surface area contributed by atoms with Crippen LogP contribution in [0.2, 0.25) is 0 Å². The summed E-state index contributed by atoms with van der Waals surface area (Å²) in [6.07, 6.45) is 15.7. The molecule has 2 aliphatic carbocycles. The molecule has 1 aromatic rings. The lowest BCUT2D eigenvalue weighted by Crippen LogP contribution is -2.13. The van der Waals surface area contributed by atoms with Crippen LogP contribution >= 0.6 is 0 Å². The maximum absolute atomic E-state index is 4.56. The third-order valence-electron chi connectivity index (χ3n) is 3.65. The van der Waals surface area contributed by atoms with Crippen LogP contribution in [0.15, 0.2) is 18.5 Å². The number of nitrogens with zero attached hydrogens (tertiary/aromatic N) is 2. The molecule has 0 saturated carbocycles. The van der Waals surface area contributed by atoms with Gasteiger partial charge in [-0.15, -0.1) is 0 Å². The van der Waals surface area contributed by atoms with Gasteiger partial charge in [-0.1, -0.05) is 12.2 Å². The van der Waals surface area contributed by atoms with E-state index in [-0.39, 0.29) is 0 Å². The molecule has 2 heteroatoms. The molecule has 0 spiro atoms. The zero-order valence-corrected chi connectivity index (χ0v) is 9.15. The Morgan fingerprint density at radius 3 is 3.00 bits per heavy atom. The lowest BCUT2D eigenvalue weighted by atomic mass is 9.98. The number of aromatic nitrogens is 2. The molecule has 1 atom stereocenters. The first kappa shape index (κ1) is 9.20. The summed E-state index contributed by atoms with van der Waals surface area (Å²) < 4.78 is 2.42. The predicted octanol–water partition coefficient (Wildman–Crippen LogP) is 3.04. The zero-order chi connectivity index (χ0) is 10.1. The highest BCUT2D eigenvalue weighted by Crippen LogP contribution is 2.28. The second kappa shape index (κ2) is 3.84. The Morgan fingerprint density at radius 1 is 1.20 bits per heavy atom. The first-order valence-corrected chi connectivity index (χ1v) is 6.16. The average Bonchev–Trinajstić information content (AvgIpc) is 2.74. The van der Waals surface area contributed by atoms with Crippen molar-refractivity contribution in [3.63, 3.8) is 0 Å². The van der Waals surface area contributed by atoms with Crippen LogP contribution in [-0.2, 0) is 12.8 Å². The van der Waals surface area contributed by atoms with Crippen molar-refractivity contribution in [1.29, 1.82) is 0 Å². The summed E-state index contributed by atoms with van der Waals surface area (Å²) >= 11 is 0. The minimum atomic E-state index is 0.591. The Bertz CT molecular complexity index is 376. The Morgan fingerprint density at radius 2 is 2.13 bits per heavy atom. The fraction of sp³-hybridized carbons (Fsp3) is 0.615. The Kier molecular flexibility index (Phi) is 2.35. The van der Waals surface area contributed by atoms with Gasteiger partial charge in [-0.3, -0.25) is 0 Å². The number of fused-ring (bicyclic) bond motifs is 1. The van der Waals surface area contributed by atoms with Gasteiger partial charge in [0.05, 0.1) is 18.1 Å². The van der Waals surface area contributed by atoms with E-state index in [4.69, 9.17) is 0 Å². The van der Waals surface area contributed by atoms with Gasteiger partial charge in [-0.25, -0.2) is 4.98 Å². The summed E-state index contributed by atoms with van der Waals surface area (Å²) in [7, 11) is 0. The maximum Gasteiger partial charge on any atom is 0.0957 e. The van der Waals surface area contributed by atoms with E-state index in [0.717, 1.165) is 0 Å². The molecule has 0 aromatic carbocycles. The molecule has 0 bridgehead atoms. The summed E-state index contributed by atoms with van der Waals surface area (Å²) in [6, 6.07) is 0.591. The molecule has 1 aromatic heterocycles. The van der Waals surface area contributed by atoms with Crippen molar-refractivity contribution in [1.82, 2.24) is 9.55 Å². The summed E-state index contributed by atoms with van der Waals surface area (Å²) in [4.78, 5) is 4.56. The van der Waals surface area contributed by atoms with Crippen molar-refractivity contribution >= 4 is 0 Å². The van der Waals surface area contributed by atoms with E-state index in [1.54, 1.807) is 0 Å². The molecule has 3 rings (SSSR count). The third-order valence-corrected chi connectivity index (χ3v) is 3.65. The van der Waals surface area contributed by atoms with Crippen LogP contribution in [0.3, 0.4) is 0 Å². The van der Waals surface area contributed by atoms with Gasteiger partial charge in [0.25, 0.3) is 0 Å². The molecule has 15 heavy (non-hydrogen) atoms. The molecule has 0 N–H and O–H groups in total. The van der Waals surface area contributed by atoms with Crippen molar-refractivity contribution in [2.75, 3.05) is 0 Å². The van der Waals surface area contributed by atoms with Gasteiger partial charge in [-0.2, -0.15) is 0 Å². The molecule has 0 radical (unpaired) electrons. The van der Waals surface area contributed by atoms with Crippen LogP contribution in [0.5, 0.6) is 0 Å². The SMILES string of the molecule is C1=CC(n2cnc3c2CCCC3)CCC1. The van der Waals surface area contributed by atoms with Gasteiger partial charge in [0.1, 0.15) is 0 Å².